The quantitative estimate of drug-likeness (QED) is 0.772. The second kappa shape index (κ2) is 7.79. The number of nitriles is 1. The fourth-order valence-electron chi connectivity index (χ4n) is 4.64. The van der Waals surface area contributed by atoms with Gasteiger partial charge in [-0.1, -0.05) is 35.9 Å². The van der Waals surface area contributed by atoms with Crippen molar-refractivity contribution in [1.82, 2.24) is 15.8 Å². The fraction of sp³-hybridized carbons (Fsp3) is 0.333. The van der Waals surface area contributed by atoms with Crippen molar-refractivity contribution in [2.45, 2.75) is 44.2 Å². The average molecular weight is 419 g/mol. The minimum Gasteiger partial charge on any atom is -0.332 e. The van der Waals surface area contributed by atoms with Crippen LogP contribution in [0.25, 0.3) is 11.1 Å². The SMILES string of the molecule is N#Cc1ccccc1-c1ccc(C(=O)N(C2CC2)C2CCC3=C(CNN3)C2)cc1Cl. The molecule has 1 amide bonds. The maximum atomic E-state index is 13.5. The lowest BCUT2D eigenvalue weighted by molar-refractivity contribution is 0.0643. The third-order valence-corrected chi connectivity index (χ3v) is 6.61. The molecule has 1 unspecified atom stereocenters. The van der Waals surface area contributed by atoms with Crippen LogP contribution in [0.1, 0.15) is 48.0 Å². The molecule has 1 fully saturated rings. The number of amides is 1. The van der Waals surface area contributed by atoms with E-state index in [2.05, 4.69) is 21.8 Å². The first kappa shape index (κ1) is 19.2. The highest BCUT2D eigenvalue weighted by atomic mass is 35.5. The molecule has 2 N–H and O–H groups in total. The predicted octanol–water partition coefficient (Wildman–Crippen LogP) is 4.40. The molecule has 3 aliphatic rings. The first-order chi connectivity index (χ1) is 14.7. The summed E-state index contributed by atoms with van der Waals surface area (Å²) < 4.78 is 0. The number of hydrogen-bond acceptors (Lipinski definition) is 4. The van der Waals surface area contributed by atoms with Gasteiger partial charge < -0.3 is 10.3 Å². The maximum absolute atomic E-state index is 13.5. The van der Waals surface area contributed by atoms with E-state index < -0.39 is 0 Å². The molecule has 1 heterocycles. The average Bonchev–Trinajstić information content (AvgIpc) is 3.49. The minimum absolute atomic E-state index is 0.0625. The van der Waals surface area contributed by atoms with Crippen molar-refractivity contribution in [3.05, 3.63) is 69.9 Å². The van der Waals surface area contributed by atoms with Crippen molar-refractivity contribution in [2.75, 3.05) is 6.54 Å². The van der Waals surface area contributed by atoms with Gasteiger partial charge in [-0.3, -0.25) is 4.79 Å². The van der Waals surface area contributed by atoms with Gasteiger partial charge in [-0.25, -0.2) is 5.43 Å². The van der Waals surface area contributed by atoms with Crippen LogP contribution >= 0.6 is 11.6 Å². The van der Waals surface area contributed by atoms with E-state index in [1.165, 1.54) is 11.3 Å². The normalized spacial score (nSPS) is 20.3. The van der Waals surface area contributed by atoms with E-state index in [0.717, 1.165) is 49.8 Å². The Labute approximate surface area is 181 Å². The number of nitrogens with one attached hydrogen (secondary N) is 2. The molecule has 0 radical (unpaired) electrons. The molecule has 1 saturated carbocycles. The van der Waals surface area contributed by atoms with Crippen LogP contribution in [0.5, 0.6) is 0 Å². The zero-order valence-corrected chi connectivity index (χ0v) is 17.4. The van der Waals surface area contributed by atoms with Gasteiger partial charge in [0.05, 0.1) is 11.6 Å². The summed E-state index contributed by atoms with van der Waals surface area (Å²) in [6.07, 6.45) is 5.04. The van der Waals surface area contributed by atoms with Crippen molar-refractivity contribution < 1.29 is 4.79 Å². The molecule has 30 heavy (non-hydrogen) atoms. The molecule has 6 heteroatoms. The lowest BCUT2D eigenvalue weighted by Gasteiger charge is -2.35. The van der Waals surface area contributed by atoms with Crippen molar-refractivity contribution >= 4 is 17.5 Å². The van der Waals surface area contributed by atoms with E-state index in [9.17, 15) is 10.1 Å². The van der Waals surface area contributed by atoms with Crippen LogP contribution in [0.2, 0.25) is 5.02 Å². The van der Waals surface area contributed by atoms with Crippen molar-refractivity contribution in [3.63, 3.8) is 0 Å². The van der Waals surface area contributed by atoms with Gasteiger partial charge in [-0.2, -0.15) is 5.26 Å². The third-order valence-electron chi connectivity index (χ3n) is 6.30. The van der Waals surface area contributed by atoms with E-state index in [-0.39, 0.29) is 11.9 Å². The van der Waals surface area contributed by atoms with Gasteiger partial charge in [0.25, 0.3) is 5.91 Å². The smallest absolute Gasteiger partial charge is 0.254 e. The summed E-state index contributed by atoms with van der Waals surface area (Å²) in [5, 5.41) is 9.89. The number of hydrogen-bond donors (Lipinski definition) is 2. The number of carbonyl (C=O) groups excluding carboxylic acids is 1. The highest BCUT2D eigenvalue weighted by Crippen LogP contribution is 2.38. The van der Waals surface area contributed by atoms with Gasteiger partial charge in [0, 0.05) is 46.0 Å². The molecule has 0 saturated heterocycles. The molecule has 0 bridgehead atoms. The van der Waals surface area contributed by atoms with Crippen molar-refractivity contribution in [3.8, 4) is 17.2 Å². The van der Waals surface area contributed by atoms with Gasteiger partial charge in [0.1, 0.15) is 0 Å². The molecule has 2 aromatic carbocycles. The Hall–Kier alpha value is -2.81. The largest absolute Gasteiger partial charge is 0.332 e. The second-order valence-corrected chi connectivity index (χ2v) is 8.66. The van der Waals surface area contributed by atoms with E-state index in [4.69, 9.17) is 11.6 Å². The number of carbonyl (C=O) groups is 1. The van der Waals surface area contributed by atoms with E-state index in [1.807, 2.05) is 30.3 Å². The first-order valence-electron chi connectivity index (χ1n) is 10.5. The molecule has 0 aromatic heterocycles. The van der Waals surface area contributed by atoms with E-state index >= 15 is 0 Å². The molecule has 1 aliphatic heterocycles. The highest BCUT2D eigenvalue weighted by molar-refractivity contribution is 6.33. The van der Waals surface area contributed by atoms with Crippen LogP contribution in [-0.2, 0) is 0 Å². The zero-order chi connectivity index (χ0) is 20.7. The summed E-state index contributed by atoms with van der Waals surface area (Å²) in [5.41, 5.74) is 11.9. The number of benzene rings is 2. The number of rotatable bonds is 4. The summed E-state index contributed by atoms with van der Waals surface area (Å²) in [7, 11) is 0. The summed E-state index contributed by atoms with van der Waals surface area (Å²) in [5.74, 6) is 0.0625. The topological polar surface area (TPSA) is 68.2 Å². The van der Waals surface area contributed by atoms with Gasteiger partial charge in [0.15, 0.2) is 0 Å². The Morgan fingerprint density at radius 1 is 1.10 bits per heavy atom. The Kier molecular flexibility index (Phi) is 4.98. The summed E-state index contributed by atoms with van der Waals surface area (Å²) >= 11 is 6.59. The third kappa shape index (κ3) is 3.47. The summed E-state index contributed by atoms with van der Waals surface area (Å²) in [6.45, 7) is 0.858. The lowest BCUT2D eigenvalue weighted by atomic mass is 9.91. The summed E-state index contributed by atoms with van der Waals surface area (Å²) in [6, 6.07) is 15.6. The molecule has 2 aliphatic carbocycles. The van der Waals surface area contributed by atoms with Crippen LogP contribution in [0, 0.1) is 11.3 Å². The van der Waals surface area contributed by atoms with Gasteiger partial charge in [-0.15, -0.1) is 0 Å². The molecule has 0 spiro atoms. The van der Waals surface area contributed by atoms with Crippen molar-refractivity contribution in [1.29, 1.82) is 5.26 Å². The molecule has 5 rings (SSSR count). The van der Waals surface area contributed by atoms with Crippen LogP contribution in [0.4, 0.5) is 0 Å². The second-order valence-electron chi connectivity index (χ2n) is 8.25. The van der Waals surface area contributed by atoms with Gasteiger partial charge in [-0.05, 0) is 55.9 Å². The number of halogens is 1. The lowest BCUT2D eigenvalue weighted by Crippen LogP contribution is -2.43. The molecule has 1 atom stereocenters. The van der Waals surface area contributed by atoms with Crippen LogP contribution in [-0.4, -0.2) is 29.4 Å². The molecule has 152 valence electrons. The fourth-order valence-corrected chi connectivity index (χ4v) is 4.92. The zero-order valence-electron chi connectivity index (χ0n) is 16.6. The van der Waals surface area contributed by atoms with Crippen molar-refractivity contribution in [2.24, 2.45) is 0 Å². The van der Waals surface area contributed by atoms with Gasteiger partial charge in [0.2, 0.25) is 0 Å². The highest BCUT2D eigenvalue weighted by Gasteiger charge is 2.40. The summed E-state index contributed by atoms with van der Waals surface area (Å²) in [4.78, 5) is 15.6. The standard InChI is InChI=1S/C24H23ClN4O/c25-22-12-15(5-9-21(22)20-4-2-1-3-16(20)13-26)24(30)29(18-6-7-18)19-8-10-23-17(11-19)14-27-28-23/h1-5,9,12,18-19,27-28H,6-8,10-11,14H2. The Morgan fingerprint density at radius 3 is 2.70 bits per heavy atom. The van der Waals surface area contributed by atoms with Gasteiger partial charge >= 0.3 is 0 Å². The number of hydrazine groups is 1. The Morgan fingerprint density at radius 2 is 1.93 bits per heavy atom. The Bertz CT molecular complexity index is 1080. The molecule has 2 aromatic rings. The molecular formula is C24H23ClN4O. The predicted molar refractivity (Wildman–Crippen MR) is 117 cm³/mol. The Balaban J connectivity index is 1.42. The van der Waals surface area contributed by atoms with E-state index in [0.29, 0.717) is 22.2 Å². The maximum Gasteiger partial charge on any atom is 0.254 e. The van der Waals surface area contributed by atoms with Crippen LogP contribution < -0.4 is 10.9 Å². The van der Waals surface area contributed by atoms with E-state index in [1.54, 1.807) is 12.1 Å². The van der Waals surface area contributed by atoms with Crippen LogP contribution in [0.15, 0.2) is 53.7 Å². The number of allylic oxidation sites excluding steroid dienone is 1. The molecule has 5 nitrogen and oxygen atoms in total. The monoisotopic (exact) mass is 418 g/mol. The minimum atomic E-state index is 0.0625. The number of nitrogens with zero attached hydrogens (tertiary/aromatic N) is 2. The first-order valence-corrected chi connectivity index (χ1v) is 10.8. The van der Waals surface area contributed by atoms with Crippen LogP contribution in [0.3, 0.4) is 0 Å². The molecular weight excluding hydrogens is 396 g/mol.